The maximum atomic E-state index is 13.0. The van der Waals surface area contributed by atoms with Crippen LogP contribution >= 0.6 is 11.3 Å². The monoisotopic (exact) mass is 413 g/mol. The number of nitrogens with zero attached hydrogens (tertiary/aromatic N) is 3. The molecular weight excluding hydrogens is 393 g/mol. The third kappa shape index (κ3) is 6.16. The van der Waals surface area contributed by atoms with Crippen LogP contribution < -0.4 is 10.6 Å². The Morgan fingerprint density at radius 3 is 2.41 bits per heavy atom. The first-order chi connectivity index (χ1) is 13.9. The number of likely N-dealkylation sites (N-methyl/N-ethyl adjacent to an activating group) is 1. The number of hydrogen-bond acceptors (Lipinski definition) is 6. The summed E-state index contributed by atoms with van der Waals surface area (Å²) >= 11 is 1.28. The standard InChI is InChI=1S/C20H20FN5O2S/c1-13-4-3-5-17(22-13)24-18(27)10-26(2)11-19(28)25-20-23-16(12-29-20)14-6-8-15(21)9-7-14/h3-9,12H,10-11H2,1-2H3,(H,22,24,27)(H,23,25,28). The summed E-state index contributed by atoms with van der Waals surface area (Å²) in [4.78, 5) is 34.5. The Bertz CT molecular complexity index is 1010. The molecule has 3 aromatic rings. The van der Waals surface area contributed by atoms with Crippen molar-refractivity contribution in [1.29, 1.82) is 0 Å². The molecule has 0 unspecified atom stereocenters. The maximum Gasteiger partial charge on any atom is 0.240 e. The lowest BCUT2D eigenvalue weighted by atomic mass is 10.2. The largest absolute Gasteiger partial charge is 0.310 e. The molecule has 0 aliphatic rings. The van der Waals surface area contributed by atoms with E-state index in [0.717, 1.165) is 11.3 Å². The van der Waals surface area contributed by atoms with Gasteiger partial charge in [0.15, 0.2) is 5.13 Å². The molecule has 2 heterocycles. The molecule has 0 radical (unpaired) electrons. The number of thiazole rings is 1. The third-order valence-electron chi connectivity index (χ3n) is 3.87. The van der Waals surface area contributed by atoms with Gasteiger partial charge in [0, 0.05) is 16.6 Å². The van der Waals surface area contributed by atoms with Crippen LogP contribution in [0, 0.1) is 12.7 Å². The molecule has 0 saturated heterocycles. The van der Waals surface area contributed by atoms with Gasteiger partial charge in [0.25, 0.3) is 0 Å². The minimum atomic E-state index is -0.317. The minimum absolute atomic E-state index is 0.0279. The van der Waals surface area contributed by atoms with Gasteiger partial charge in [-0.3, -0.25) is 14.5 Å². The van der Waals surface area contributed by atoms with E-state index in [1.165, 1.54) is 23.5 Å². The fraction of sp³-hybridized carbons (Fsp3) is 0.200. The Morgan fingerprint density at radius 2 is 1.72 bits per heavy atom. The van der Waals surface area contributed by atoms with Crippen LogP contribution in [0.5, 0.6) is 0 Å². The Morgan fingerprint density at radius 1 is 1.03 bits per heavy atom. The van der Waals surface area contributed by atoms with Gasteiger partial charge in [-0.15, -0.1) is 11.3 Å². The van der Waals surface area contributed by atoms with Crippen molar-refractivity contribution in [2.24, 2.45) is 0 Å². The summed E-state index contributed by atoms with van der Waals surface area (Å²) in [6.07, 6.45) is 0. The molecule has 29 heavy (non-hydrogen) atoms. The summed E-state index contributed by atoms with van der Waals surface area (Å²) < 4.78 is 13.0. The molecule has 0 spiro atoms. The van der Waals surface area contributed by atoms with Crippen molar-refractivity contribution in [3.63, 3.8) is 0 Å². The molecule has 0 atom stereocenters. The normalized spacial score (nSPS) is 10.8. The van der Waals surface area contributed by atoms with Crippen LogP contribution in [0.3, 0.4) is 0 Å². The molecule has 0 bridgehead atoms. The predicted molar refractivity (Wildman–Crippen MR) is 111 cm³/mol. The molecule has 7 nitrogen and oxygen atoms in total. The van der Waals surface area contributed by atoms with E-state index in [2.05, 4.69) is 20.6 Å². The second-order valence-corrected chi connectivity index (χ2v) is 7.34. The molecule has 9 heteroatoms. The van der Waals surface area contributed by atoms with Gasteiger partial charge in [0.05, 0.1) is 18.8 Å². The zero-order chi connectivity index (χ0) is 20.8. The van der Waals surface area contributed by atoms with Crippen molar-refractivity contribution < 1.29 is 14.0 Å². The van der Waals surface area contributed by atoms with Crippen LogP contribution in [0.4, 0.5) is 15.3 Å². The van der Waals surface area contributed by atoms with Gasteiger partial charge in [-0.25, -0.2) is 14.4 Å². The van der Waals surface area contributed by atoms with Crippen molar-refractivity contribution in [2.75, 3.05) is 30.8 Å². The molecule has 2 aromatic heterocycles. The highest BCUT2D eigenvalue weighted by molar-refractivity contribution is 7.14. The van der Waals surface area contributed by atoms with E-state index in [9.17, 15) is 14.0 Å². The van der Waals surface area contributed by atoms with Crippen molar-refractivity contribution in [3.8, 4) is 11.3 Å². The molecule has 150 valence electrons. The number of benzene rings is 1. The summed E-state index contributed by atoms with van der Waals surface area (Å²) in [5, 5.41) is 7.64. The van der Waals surface area contributed by atoms with Crippen molar-refractivity contribution in [1.82, 2.24) is 14.9 Å². The first-order valence-corrected chi connectivity index (χ1v) is 9.70. The third-order valence-corrected chi connectivity index (χ3v) is 4.63. The molecule has 0 aliphatic heterocycles. The lowest BCUT2D eigenvalue weighted by molar-refractivity contribution is -0.119. The highest BCUT2D eigenvalue weighted by atomic mass is 32.1. The van der Waals surface area contributed by atoms with E-state index >= 15 is 0 Å². The molecule has 2 N–H and O–H groups in total. The average Bonchev–Trinajstić information content (AvgIpc) is 3.10. The number of halogens is 1. The zero-order valence-electron chi connectivity index (χ0n) is 16.0. The lowest BCUT2D eigenvalue weighted by Crippen LogP contribution is -2.36. The number of hydrogen-bond donors (Lipinski definition) is 2. The summed E-state index contributed by atoms with van der Waals surface area (Å²) in [7, 11) is 1.68. The van der Waals surface area contributed by atoms with Gasteiger partial charge in [-0.05, 0) is 50.4 Å². The van der Waals surface area contributed by atoms with E-state index in [4.69, 9.17) is 0 Å². The summed E-state index contributed by atoms with van der Waals surface area (Å²) in [6.45, 7) is 1.91. The van der Waals surface area contributed by atoms with Crippen LogP contribution in [0.2, 0.25) is 0 Å². The number of rotatable bonds is 7. The Labute approximate surface area is 171 Å². The maximum absolute atomic E-state index is 13.0. The Kier molecular flexibility index (Phi) is 6.63. The molecule has 2 amide bonds. The highest BCUT2D eigenvalue weighted by Gasteiger charge is 2.13. The lowest BCUT2D eigenvalue weighted by Gasteiger charge is -2.15. The number of pyridine rings is 1. The number of carbonyl (C=O) groups is 2. The highest BCUT2D eigenvalue weighted by Crippen LogP contribution is 2.24. The van der Waals surface area contributed by atoms with Gasteiger partial charge in [-0.1, -0.05) is 6.07 Å². The Hall–Kier alpha value is -3.17. The summed E-state index contributed by atoms with van der Waals surface area (Å²) in [5.74, 6) is -0.382. The quantitative estimate of drug-likeness (QED) is 0.621. The average molecular weight is 413 g/mol. The number of anilines is 2. The number of aromatic nitrogens is 2. The topological polar surface area (TPSA) is 87.2 Å². The molecule has 0 fully saturated rings. The zero-order valence-corrected chi connectivity index (χ0v) is 16.8. The SMILES string of the molecule is Cc1cccc(NC(=O)CN(C)CC(=O)Nc2nc(-c3ccc(F)cc3)cs2)n1. The van der Waals surface area contributed by atoms with Crippen LogP contribution in [0.1, 0.15) is 5.69 Å². The van der Waals surface area contributed by atoms with Crippen molar-refractivity contribution in [3.05, 3.63) is 59.4 Å². The Balaban J connectivity index is 1.48. The summed E-state index contributed by atoms with van der Waals surface area (Å²) in [6, 6.07) is 11.3. The summed E-state index contributed by atoms with van der Waals surface area (Å²) in [5.41, 5.74) is 2.23. The number of nitrogens with one attached hydrogen (secondary N) is 2. The fourth-order valence-corrected chi connectivity index (χ4v) is 3.32. The van der Waals surface area contributed by atoms with Gasteiger partial charge < -0.3 is 10.6 Å². The van der Waals surface area contributed by atoms with Gasteiger partial charge in [0.1, 0.15) is 11.6 Å². The minimum Gasteiger partial charge on any atom is -0.310 e. The molecule has 1 aromatic carbocycles. The second-order valence-electron chi connectivity index (χ2n) is 6.48. The van der Waals surface area contributed by atoms with Crippen molar-refractivity contribution in [2.45, 2.75) is 6.92 Å². The van der Waals surface area contributed by atoms with E-state index in [1.807, 2.05) is 19.1 Å². The van der Waals surface area contributed by atoms with Crippen molar-refractivity contribution >= 4 is 34.1 Å². The number of amides is 2. The second kappa shape index (κ2) is 9.35. The van der Waals surface area contributed by atoms with E-state index in [-0.39, 0.29) is 30.7 Å². The van der Waals surface area contributed by atoms with E-state index in [0.29, 0.717) is 16.6 Å². The first kappa shape index (κ1) is 20.6. The molecule has 3 rings (SSSR count). The van der Waals surface area contributed by atoms with Crippen LogP contribution in [0.15, 0.2) is 47.8 Å². The van der Waals surface area contributed by atoms with E-state index in [1.54, 1.807) is 35.5 Å². The molecular formula is C20H20FN5O2S. The molecule has 0 saturated carbocycles. The number of carbonyl (C=O) groups excluding carboxylic acids is 2. The fourth-order valence-electron chi connectivity index (χ4n) is 2.58. The first-order valence-electron chi connectivity index (χ1n) is 8.82. The predicted octanol–water partition coefficient (Wildman–Crippen LogP) is 3.16. The van der Waals surface area contributed by atoms with Crippen LogP contribution in [0.25, 0.3) is 11.3 Å². The van der Waals surface area contributed by atoms with Crippen LogP contribution in [-0.2, 0) is 9.59 Å². The van der Waals surface area contributed by atoms with Gasteiger partial charge in [0.2, 0.25) is 11.8 Å². The smallest absolute Gasteiger partial charge is 0.240 e. The van der Waals surface area contributed by atoms with E-state index < -0.39 is 0 Å². The van der Waals surface area contributed by atoms with Crippen LogP contribution in [-0.4, -0.2) is 46.8 Å². The molecule has 0 aliphatic carbocycles. The van der Waals surface area contributed by atoms with Gasteiger partial charge in [-0.2, -0.15) is 0 Å². The number of aryl methyl sites for hydroxylation is 1. The van der Waals surface area contributed by atoms with Gasteiger partial charge >= 0.3 is 0 Å².